The summed E-state index contributed by atoms with van der Waals surface area (Å²) in [6.07, 6.45) is -3.50. The Morgan fingerprint density at radius 2 is 1.66 bits per heavy atom. The smallest absolute Gasteiger partial charge is 0.475 e. The summed E-state index contributed by atoms with van der Waals surface area (Å²) in [6, 6.07) is 20.6. The second kappa shape index (κ2) is 11.3. The van der Waals surface area contributed by atoms with Crippen LogP contribution in [0.25, 0.3) is 10.8 Å². The Labute approximate surface area is 180 Å². The first-order chi connectivity index (χ1) is 15.2. The third-order valence-electron chi connectivity index (χ3n) is 3.83. The number of urea groups is 1. The van der Waals surface area contributed by atoms with Gasteiger partial charge in [0.05, 0.1) is 12.8 Å². The molecule has 0 atom stereocenters. The van der Waals surface area contributed by atoms with Crippen molar-refractivity contribution in [3.8, 4) is 0 Å². The van der Waals surface area contributed by atoms with Crippen LogP contribution in [-0.4, -0.2) is 29.5 Å². The molecule has 3 aromatic carbocycles. The van der Waals surface area contributed by atoms with Crippen LogP contribution < -0.4 is 16.6 Å². The predicted molar refractivity (Wildman–Crippen MR) is 113 cm³/mol. The van der Waals surface area contributed by atoms with E-state index in [9.17, 15) is 18.0 Å². The molecule has 0 aromatic heterocycles. The minimum absolute atomic E-state index is 0.303. The molecule has 0 unspecified atom stereocenters. The number of benzene rings is 3. The van der Waals surface area contributed by atoms with E-state index >= 15 is 0 Å². The minimum atomic E-state index is -5.08. The van der Waals surface area contributed by atoms with E-state index < -0.39 is 18.2 Å². The van der Waals surface area contributed by atoms with Gasteiger partial charge in [0, 0.05) is 5.69 Å². The van der Waals surface area contributed by atoms with Crippen molar-refractivity contribution in [3.05, 3.63) is 77.9 Å². The number of rotatable bonds is 5. The number of hydroxylamine groups is 1. The number of halogens is 3. The second-order valence-corrected chi connectivity index (χ2v) is 6.23. The van der Waals surface area contributed by atoms with Gasteiger partial charge >= 0.3 is 18.2 Å². The number of nitrogens with two attached hydrogens (primary N) is 1. The lowest BCUT2D eigenvalue weighted by atomic mass is 10.1. The largest absolute Gasteiger partial charge is 0.490 e. The average molecular weight is 448 g/mol. The van der Waals surface area contributed by atoms with Crippen LogP contribution >= 0.6 is 0 Å². The van der Waals surface area contributed by atoms with Crippen molar-refractivity contribution in [2.24, 2.45) is 10.9 Å². The van der Waals surface area contributed by atoms with Gasteiger partial charge in [0.1, 0.15) is 0 Å². The molecule has 8 nitrogen and oxygen atoms in total. The van der Waals surface area contributed by atoms with Gasteiger partial charge in [-0.3, -0.25) is 4.84 Å². The first kappa shape index (κ1) is 24.2. The Morgan fingerprint density at radius 1 is 1.03 bits per heavy atom. The standard InChI is InChI=1S/C19H18N4O2.C2HF3O2/c20-21-12-15-6-7-17-11-18(9-8-16(17)10-15)22-19(24)23-25-13-14-4-2-1-3-5-14;3-2(4,5)1(6)7/h1-12H,13,20H2,(H2,22,23,24);(H,6,7)/b21-12-;. The topological polar surface area (TPSA) is 126 Å². The van der Waals surface area contributed by atoms with E-state index in [0.717, 1.165) is 21.9 Å². The fourth-order valence-electron chi connectivity index (χ4n) is 2.42. The van der Waals surface area contributed by atoms with Gasteiger partial charge in [-0.25, -0.2) is 15.1 Å². The number of hydrogen-bond donors (Lipinski definition) is 4. The van der Waals surface area contributed by atoms with Crippen LogP contribution in [0, 0.1) is 0 Å². The molecule has 0 fully saturated rings. The lowest BCUT2D eigenvalue weighted by Gasteiger charge is -2.09. The molecule has 3 rings (SSSR count). The first-order valence-corrected chi connectivity index (χ1v) is 8.99. The molecule has 168 valence electrons. The normalized spacial score (nSPS) is 11.0. The summed E-state index contributed by atoms with van der Waals surface area (Å²) in [4.78, 5) is 26.0. The predicted octanol–water partition coefficient (Wildman–Crippen LogP) is 4.02. The number of fused-ring (bicyclic) bond motifs is 1. The summed E-state index contributed by atoms with van der Waals surface area (Å²) < 4.78 is 31.7. The molecule has 2 amide bonds. The van der Waals surface area contributed by atoms with E-state index in [1.165, 1.54) is 0 Å². The number of anilines is 1. The highest BCUT2D eigenvalue weighted by atomic mass is 19.4. The van der Waals surface area contributed by atoms with Gasteiger partial charge in [0.25, 0.3) is 0 Å². The van der Waals surface area contributed by atoms with Gasteiger partial charge in [-0.2, -0.15) is 18.3 Å². The number of nitrogens with zero attached hydrogens (tertiary/aromatic N) is 1. The zero-order valence-electron chi connectivity index (χ0n) is 16.5. The number of alkyl halides is 3. The molecule has 0 saturated carbocycles. The molecule has 0 aliphatic heterocycles. The number of nitrogens with one attached hydrogen (secondary N) is 2. The molecule has 0 heterocycles. The number of carboxylic acid groups (broad SMARTS) is 1. The van der Waals surface area contributed by atoms with E-state index in [2.05, 4.69) is 15.9 Å². The lowest BCUT2D eigenvalue weighted by Crippen LogP contribution is -2.28. The number of amides is 2. The highest BCUT2D eigenvalue weighted by Crippen LogP contribution is 2.20. The van der Waals surface area contributed by atoms with Crippen molar-refractivity contribution >= 4 is 34.7 Å². The van der Waals surface area contributed by atoms with Crippen LogP contribution in [0.4, 0.5) is 23.7 Å². The van der Waals surface area contributed by atoms with Gasteiger partial charge in [-0.05, 0) is 40.1 Å². The summed E-state index contributed by atoms with van der Waals surface area (Å²) >= 11 is 0. The Morgan fingerprint density at radius 3 is 2.28 bits per heavy atom. The van der Waals surface area contributed by atoms with Crippen molar-refractivity contribution in [2.45, 2.75) is 12.8 Å². The van der Waals surface area contributed by atoms with E-state index in [1.807, 2.05) is 66.7 Å². The van der Waals surface area contributed by atoms with Crippen molar-refractivity contribution < 1.29 is 32.7 Å². The summed E-state index contributed by atoms with van der Waals surface area (Å²) in [6.45, 7) is 0.303. The molecule has 0 saturated heterocycles. The zero-order valence-corrected chi connectivity index (χ0v) is 16.5. The number of hydrogen-bond acceptors (Lipinski definition) is 5. The highest BCUT2D eigenvalue weighted by Gasteiger charge is 2.38. The molecule has 0 radical (unpaired) electrons. The summed E-state index contributed by atoms with van der Waals surface area (Å²) in [5.74, 6) is 2.41. The quantitative estimate of drug-likeness (QED) is 0.266. The molecule has 32 heavy (non-hydrogen) atoms. The van der Waals surface area contributed by atoms with E-state index in [-0.39, 0.29) is 0 Å². The summed E-state index contributed by atoms with van der Waals surface area (Å²) in [7, 11) is 0. The molecule has 0 aliphatic carbocycles. The van der Waals surface area contributed by atoms with Crippen LogP contribution in [0.15, 0.2) is 71.8 Å². The van der Waals surface area contributed by atoms with Gasteiger partial charge in [0.15, 0.2) is 0 Å². The molecule has 11 heteroatoms. The molecular formula is C21H19F3N4O4. The van der Waals surface area contributed by atoms with E-state index in [0.29, 0.717) is 12.3 Å². The molecule has 3 aromatic rings. The molecule has 0 bridgehead atoms. The Kier molecular flexibility index (Phi) is 8.54. The second-order valence-electron chi connectivity index (χ2n) is 6.23. The van der Waals surface area contributed by atoms with E-state index in [4.69, 9.17) is 20.6 Å². The number of aliphatic carboxylic acids is 1. The zero-order chi connectivity index (χ0) is 23.6. The number of carbonyl (C=O) groups is 2. The monoisotopic (exact) mass is 448 g/mol. The van der Waals surface area contributed by atoms with Crippen molar-refractivity contribution in [1.82, 2.24) is 5.48 Å². The van der Waals surface area contributed by atoms with Crippen LogP contribution in [0.2, 0.25) is 0 Å². The Balaban J connectivity index is 0.000000451. The maximum absolute atomic E-state index is 11.9. The number of hydrazone groups is 1. The van der Waals surface area contributed by atoms with Crippen molar-refractivity contribution in [3.63, 3.8) is 0 Å². The molecule has 5 N–H and O–H groups in total. The maximum atomic E-state index is 11.9. The third kappa shape index (κ3) is 7.95. The molecular weight excluding hydrogens is 429 g/mol. The van der Waals surface area contributed by atoms with Crippen LogP contribution in [0.5, 0.6) is 0 Å². The minimum Gasteiger partial charge on any atom is -0.475 e. The first-order valence-electron chi connectivity index (χ1n) is 8.99. The number of carbonyl (C=O) groups excluding carboxylic acids is 1. The van der Waals surface area contributed by atoms with Gasteiger partial charge < -0.3 is 16.3 Å². The van der Waals surface area contributed by atoms with Gasteiger partial charge in [-0.1, -0.05) is 48.5 Å². The Bertz CT molecular complexity index is 1090. The lowest BCUT2D eigenvalue weighted by molar-refractivity contribution is -0.192. The third-order valence-corrected chi connectivity index (χ3v) is 3.83. The summed E-state index contributed by atoms with van der Waals surface area (Å²) in [5, 5.41) is 15.4. The average Bonchev–Trinajstić information content (AvgIpc) is 2.74. The van der Waals surface area contributed by atoms with Crippen LogP contribution in [0.3, 0.4) is 0 Å². The van der Waals surface area contributed by atoms with Gasteiger partial charge in [0.2, 0.25) is 0 Å². The fraction of sp³-hybridized carbons (Fsp3) is 0.0952. The highest BCUT2D eigenvalue weighted by molar-refractivity contribution is 5.95. The van der Waals surface area contributed by atoms with Crippen molar-refractivity contribution in [2.75, 3.05) is 5.32 Å². The van der Waals surface area contributed by atoms with E-state index in [1.54, 1.807) is 6.21 Å². The fourth-order valence-corrected chi connectivity index (χ4v) is 2.42. The summed E-state index contributed by atoms with van der Waals surface area (Å²) in [5.41, 5.74) is 4.94. The van der Waals surface area contributed by atoms with Gasteiger partial charge in [-0.15, -0.1) is 0 Å². The van der Waals surface area contributed by atoms with Crippen LogP contribution in [-0.2, 0) is 16.2 Å². The Hall–Kier alpha value is -4.12. The number of carboxylic acids is 1. The molecule has 0 aliphatic rings. The van der Waals surface area contributed by atoms with Crippen molar-refractivity contribution in [1.29, 1.82) is 0 Å². The van der Waals surface area contributed by atoms with Crippen LogP contribution in [0.1, 0.15) is 11.1 Å². The maximum Gasteiger partial charge on any atom is 0.490 e. The SMILES string of the molecule is N/N=C\c1ccc2cc(NC(=O)NOCc3ccccc3)ccc2c1.O=C(O)C(F)(F)F. The molecule has 0 spiro atoms.